The highest BCUT2D eigenvalue weighted by molar-refractivity contribution is 5.71. The quantitative estimate of drug-likeness (QED) is 0.0261. The molecule has 0 rings (SSSR count). The minimum Gasteiger partial charge on any atom is -0.462 e. The molecule has 1 atom stereocenters. The van der Waals surface area contributed by atoms with Crippen molar-refractivity contribution >= 4 is 17.9 Å². The Hall–Kier alpha value is -2.63. The lowest BCUT2D eigenvalue weighted by atomic mass is 10.0. The van der Waals surface area contributed by atoms with E-state index in [1.54, 1.807) is 0 Å². The van der Waals surface area contributed by atoms with Crippen LogP contribution in [0.15, 0.2) is 48.6 Å². The van der Waals surface area contributed by atoms with E-state index in [1.165, 1.54) is 257 Å². The van der Waals surface area contributed by atoms with Crippen LogP contribution < -0.4 is 0 Å². The Morgan fingerprint density at radius 1 is 0.260 bits per heavy atom. The Kier molecular flexibility index (Phi) is 63.6. The van der Waals surface area contributed by atoms with Crippen molar-refractivity contribution in [2.24, 2.45) is 0 Å². The largest absolute Gasteiger partial charge is 0.462 e. The number of hydrogen-bond acceptors (Lipinski definition) is 6. The van der Waals surface area contributed by atoms with Crippen LogP contribution in [0.5, 0.6) is 0 Å². The third kappa shape index (κ3) is 64.1. The molecule has 0 aromatic rings. The van der Waals surface area contributed by atoms with E-state index in [1.807, 2.05) is 0 Å². The van der Waals surface area contributed by atoms with Gasteiger partial charge in [0.25, 0.3) is 0 Å². The minimum atomic E-state index is -0.778. The van der Waals surface area contributed by atoms with Gasteiger partial charge in [-0.05, 0) is 103 Å². The van der Waals surface area contributed by atoms with Crippen LogP contribution in [0, 0.1) is 0 Å². The molecule has 6 heteroatoms. The topological polar surface area (TPSA) is 78.9 Å². The molecular formula is C71H130O6. The van der Waals surface area contributed by atoms with Crippen LogP contribution in [0.3, 0.4) is 0 Å². The van der Waals surface area contributed by atoms with Crippen molar-refractivity contribution in [3.8, 4) is 0 Å². The van der Waals surface area contributed by atoms with Gasteiger partial charge >= 0.3 is 17.9 Å². The third-order valence-electron chi connectivity index (χ3n) is 15.3. The second-order valence-corrected chi connectivity index (χ2v) is 23.1. The van der Waals surface area contributed by atoms with Crippen LogP contribution in [-0.4, -0.2) is 37.2 Å². The van der Waals surface area contributed by atoms with E-state index in [0.717, 1.165) is 70.6 Å². The lowest BCUT2D eigenvalue weighted by molar-refractivity contribution is -0.167. The molecular weight excluding hydrogens is 949 g/mol. The Morgan fingerprint density at radius 3 is 0.753 bits per heavy atom. The zero-order chi connectivity index (χ0) is 55.7. The van der Waals surface area contributed by atoms with Crippen LogP contribution in [0.1, 0.15) is 367 Å². The van der Waals surface area contributed by atoms with Gasteiger partial charge < -0.3 is 14.2 Å². The van der Waals surface area contributed by atoms with Crippen molar-refractivity contribution in [1.29, 1.82) is 0 Å². The van der Waals surface area contributed by atoms with Crippen molar-refractivity contribution in [3.05, 3.63) is 48.6 Å². The lowest BCUT2D eigenvalue weighted by Crippen LogP contribution is -2.30. The maximum absolute atomic E-state index is 12.9. The van der Waals surface area contributed by atoms with Crippen molar-refractivity contribution in [2.45, 2.75) is 374 Å². The summed E-state index contributed by atoms with van der Waals surface area (Å²) in [7, 11) is 0. The van der Waals surface area contributed by atoms with Crippen LogP contribution in [0.2, 0.25) is 0 Å². The maximum atomic E-state index is 12.9. The van der Waals surface area contributed by atoms with Gasteiger partial charge in [0.05, 0.1) is 0 Å². The highest BCUT2D eigenvalue weighted by Crippen LogP contribution is 2.17. The first-order valence-electron chi connectivity index (χ1n) is 34.1. The van der Waals surface area contributed by atoms with Crippen molar-refractivity contribution in [3.63, 3.8) is 0 Å². The van der Waals surface area contributed by atoms with Crippen LogP contribution in [0.25, 0.3) is 0 Å². The highest BCUT2D eigenvalue weighted by Gasteiger charge is 2.19. The summed E-state index contributed by atoms with van der Waals surface area (Å²) in [6.45, 7) is 6.66. The summed E-state index contributed by atoms with van der Waals surface area (Å²) >= 11 is 0. The standard InChI is InChI=1S/C71H130O6/c1-4-7-10-13-16-19-22-25-28-31-33-35-37-40-43-46-49-52-55-58-61-64-70(73)76-67-68(66-75-69(72)63-60-57-54-51-48-45-42-39-30-27-24-21-18-15-12-9-6-3)77-71(74)65-62-59-56-53-50-47-44-41-38-36-34-32-29-26-23-20-17-14-11-8-5-2/h18,21,25-30,68H,4-17,19-20,22-24,31-67H2,1-3H3/b21-18-,28-25-,29-26-,30-27-/t68-/m1/s1. The van der Waals surface area contributed by atoms with Gasteiger partial charge in [-0.15, -0.1) is 0 Å². The Bertz CT molecular complexity index is 1330. The van der Waals surface area contributed by atoms with E-state index in [2.05, 4.69) is 69.4 Å². The molecule has 450 valence electrons. The van der Waals surface area contributed by atoms with Gasteiger partial charge in [0.15, 0.2) is 6.10 Å². The lowest BCUT2D eigenvalue weighted by Gasteiger charge is -2.18. The highest BCUT2D eigenvalue weighted by atomic mass is 16.6. The SMILES string of the molecule is CCCCC/C=C\C/C=C\CCCCCCCCCC(=O)OC[C@H](COC(=O)CCCCCCCCCCCCC/C=C\CCCCCCCC)OC(=O)CCCCCCCCCCCCC/C=C\CCCCCCCC. The van der Waals surface area contributed by atoms with E-state index in [9.17, 15) is 14.4 Å². The predicted octanol–water partition coefficient (Wildman–Crippen LogP) is 23.3. The second kappa shape index (κ2) is 65.9. The molecule has 0 spiro atoms. The average molecular weight is 1080 g/mol. The van der Waals surface area contributed by atoms with E-state index < -0.39 is 6.10 Å². The fourth-order valence-electron chi connectivity index (χ4n) is 10.1. The summed E-state index contributed by atoms with van der Waals surface area (Å²) in [5.41, 5.74) is 0. The van der Waals surface area contributed by atoms with Gasteiger partial charge in [-0.25, -0.2) is 0 Å². The number of unbranched alkanes of at least 4 members (excludes halogenated alkanes) is 44. The monoisotopic (exact) mass is 1080 g/mol. The number of allylic oxidation sites excluding steroid dienone is 8. The van der Waals surface area contributed by atoms with Gasteiger partial charge in [-0.2, -0.15) is 0 Å². The van der Waals surface area contributed by atoms with E-state index in [-0.39, 0.29) is 31.1 Å². The summed E-state index contributed by atoms with van der Waals surface area (Å²) in [5, 5.41) is 0. The van der Waals surface area contributed by atoms with Crippen LogP contribution in [-0.2, 0) is 28.6 Å². The first-order chi connectivity index (χ1) is 38.0. The van der Waals surface area contributed by atoms with Crippen LogP contribution in [0.4, 0.5) is 0 Å². The Labute approximate surface area is 479 Å². The molecule has 0 aromatic heterocycles. The number of ether oxygens (including phenoxy) is 3. The molecule has 77 heavy (non-hydrogen) atoms. The zero-order valence-corrected chi connectivity index (χ0v) is 51.7. The maximum Gasteiger partial charge on any atom is 0.306 e. The third-order valence-corrected chi connectivity index (χ3v) is 15.3. The fourth-order valence-corrected chi connectivity index (χ4v) is 10.1. The zero-order valence-electron chi connectivity index (χ0n) is 51.7. The smallest absolute Gasteiger partial charge is 0.306 e. The van der Waals surface area contributed by atoms with Gasteiger partial charge in [0, 0.05) is 19.3 Å². The molecule has 0 fully saturated rings. The van der Waals surface area contributed by atoms with Gasteiger partial charge in [0.1, 0.15) is 13.2 Å². The molecule has 0 radical (unpaired) electrons. The molecule has 0 N–H and O–H groups in total. The van der Waals surface area contributed by atoms with Gasteiger partial charge in [-0.1, -0.05) is 294 Å². The molecule has 0 aromatic carbocycles. The summed E-state index contributed by atoms with van der Waals surface area (Å²) in [6, 6.07) is 0. The molecule has 6 nitrogen and oxygen atoms in total. The van der Waals surface area contributed by atoms with E-state index in [4.69, 9.17) is 14.2 Å². The molecule has 0 aliphatic heterocycles. The fraction of sp³-hybridized carbons (Fsp3) is 0.845. The average Bonchev–Trinajstić information content (AvgIpc) is 3.43. The molecule has 0 aliphatic carbocycles. The number of hydrogen-bond donors (Lipinski definition) is 0. The predicted molar refractivity (Wildman–Crippen MR) is 335 cm³/mol. The number of esters is 3. The molecule has 0 bridgehead atoms. The molecule has 0 amide bonds. The van der Waals surface area contributed by atoms with E-state index in [0.29, 0.717) is 19.3 Å². The molecule has 0 aliphatic rings. The summed E-state index contributed by atoms with van der Waals surface area (Å²) in [6.07, 6.45) is 82.6. The van der Waals surface area contributed by atoms with Crippen LogP contribution >= 0.6 is 0 Å². The Morgan fingerprint density at radius 2 is 0.468 bits per heavy atom. The Balaban J connectivity index is 4.34. The van der Waals surface area contributed by atoms with E-state index >= 15 is 0 Å². The van der Waals surface area contributed by atoms with Crippen molar-refractivity contribution < 1.29 is 28.6 Å². The first-order valence-corrected chi connectivity index (χ1v) is 34.1. The second-order valence-electron chi connectivity index (χ2n) is 23.1. The molecule has 0 unspecified atom stereocenters. The normalized spacial score (nSPS) is 12.3. The molecule has 0 heterocycles. The first kappa shape index (κ1) is 74.4. The van der Waals surface area contributed by atoms with Gasteiger partial charge in [0.2, 0.25) is 0 Å². The summed E-state index contributed by atoms with van der Waals surface area (Å²) in [5.74, 6) is -0.859. The van der Waals surface area contributed by atoms with Crippen molar-refractivity contribution in [2.75, 3.05) is 13.2 Å². The number of carbonyl (C=O) groups excluding carboxylic acids is 3. The summed E-state index contributed by atoms with van der Waals surface area (Å²) in [4.78, 5) is 38.4. The van der Waals surface area contributed by atoms with Crippen molar-refractivity contribution in [1.82, 2.24) is 0 Å². The minimum absolute atomic E-state index is 0.0733. The molecule has 0 saturated heterocycles. The molecule has 0 saturated carbocycles. The number of rotatable bonds is 63. The van der Waals surface area contributed by atoms with Gasteiger partial charge in [-0.3, -0.25) is 14.4 Å². The summed E-state index contributed by atoms with van der Waals surface area (Å²) < 4.78 is 17.0. The number of carbonyl (C=O) groups is 3.